The van der Waals surface area contributed by atoms with Crippen molar-refractivity contribution >= 4 is 21.6 Å². The molecule has 0 saturated carbocycles. The first-order valence-corrected chi connectivity index (χ1v) is 10.4. The van der Waals surface area contributed by atoms with Crippen LogP contribution in [0.4, 0.5) is 5.82 Å². The quantitative estimate of drug-likeness (QED) is 0.828. The fourth-order valence-corrected chi connectivity index (χ4v) is 4.64. The van der Waals surface area contributed by atoms with E-state index in [2.05, 4.69) is 15.3 Å². The second-order valence-corrected chi connectivity index (χ2v) is 8.57. The lowest BCUT2D eigenvalue weighted by atomic mass is 10.2. The van der Waals surface area contributed by atoms with Crippen molar-refractivity contribution in [2.75, 3.05) is 23.4 Å². The Balaban J connectivity index is 1.70. The molecule has 1 aliphatic rings. The molecule has 26 heavy (non-hydrogen) atoms. The highest BCUT2D eigenvalue weighted by molar-refractivity contribution is 7.91. The highest BCUT2D eigenvalue weighted by Gasteiger charge is 2.28. The van der Waals surface area contributed by atoms with Gasteiger partial charge in [0.25, 0.3) is 5.91 Å². The number of carbonyl (C=O) groups excluding carboxylic acids is 1. The van der Waals surface area contributed by atoms with Crippen LogP contribution in [0.3, 0.4) is 0 Å². The van der Waals surface area contributed by atoms with Gasteiger partial charge in [-0.2, -0.15) is 0 Å². The van der Waals surface area contributed by atoms with Gasteiger partial charge in [-0.05, 0) is 18.9 Å². The number of rotatable bonds is 6. The summed E-state index contributed by atoms with van der Waals surface area (Å²) in [6, 6.07) is 11.2. The molecular formula is C18H22N4O3S. The van der Waals surface area contributed by atoms with E-state index in [4.69, 9.17) is 0 Å². The second kappa shape index (κ2) is 7.82. The smallest absolute Gasteiger partial charge is 0.272 e. The number of amides is 1. The molecule has 2 aromatic rings. The summed E-state index contributed by atoms with van der Waals surface area (Å²) in [5.74, 6) is 0.569. The van der Waals surface area contributed by atoms with E-state index in [1.807, 2.05) is 37.3 Å². The second-order valence-electron chi connectivity index (χ2n) is 6.34. The molecule has 1 atom stereocenters. The van der Waals surface area contributed by atoms with Gasteiger partial charge >= 0.3 is 0 Å². The summed E-state index contributed by atoms with van der Waals surface area (Å²) in [6.45, 7) is 2.98. The van der Waals surface area contributed by atoms with Gasteiger partial charge in [0, 0.05) is 25.2 Å². The molecule has 0 radical (unpaired) electrons. The molecule has 1 aromatic heterocycles. The summed E-state index contributed by atoms with van der Waals surface area (Å²) in [6.07, 6.45) is 1.88. The molecular weight excluding hydrogens is 352 g/mol. The summed E-state index contributed by atoms with van der Waals surface area (Å²) in [5.41, 5.74) is 1.34. The van der Waals surface area contributed by atoms with Gasteiger partial charge in [-0.1, -0.05) is 30.3 Å². The fourth-order valence-electron chi connectivity index (χ4n) is 2.96. The van der Waals surface area contributed by atoms with Gasteiger partial charge in [-0.3, -0.25) is 4.79 Å². The summed E-state index contributed by atoms with van der Waals surface area (Å²) in [5, 5.41) is 3.10. The van der Waals surface area contributed by atoms with Crippen molar-refractivity contribution in [3.63, 3.8) is 0 Å². The Morgan fingerprint density at radius 1 is 1.27 bits per heavy atom. The molecule has 0 aliphatic carbocycles. The van der Waals surface area contributed by atoms with Crippen molar-refractivity contribution < 1.29 is 13.2 Å². The molecule has 0 bridgehead atoms. The van der Waals surface area contributed by atoms with E-state index >= 15 is 0 Å². The van der Waals surface area contributed by atoms with Gasteiger partial charge in [0.1, 0.15) is 17.8 Å². The molecule has 1 fully saturated rings. The molecule has 1 unspecified atom stereocenters. The standard InChI is InChI=1S/C18H22N4O3S/c1-2-22(11-14-6-4-3-5-7-14)18(23)16-10-17(20-13-19-16)21-15-8-9-26(24,25)12-15/h3-7,10,13,15H,2,8-9,11-12H2,1H3,(H,19,20,21). The van der Waals surface area contributed by atoms with Gasteiger partial charge in [0.2, 0.25) is 0 Å². The maximum Gasteiger partial charge on any atom is 0.272 e. The van der Waals surface area contributed by atoms with E-state index in [0.717, 1.165) is 5.56 Å². The van der Waals surface area contributed by atoms with Crippen molar-refractivity contribution in [2.45, 2.75) is 25.9 Å². The number of anilines is 1. The van der Waals surface area contributed by atoms with Gasteiger partial charge in [-0.25, -0.2) is 18.4 Å². The van der Waals surface area contributed by atoms with Crippen LogP contribution in [-0.2, 0) is 16.4 Å². The van der Waals surface area contributed by atoms with Crippen LogP contribution in [0.15, 0.2) is 42.7 Å². The van der Waals surface area contributed by atoms with E-state index in [-0.39, 0.29) is 23.5 Å². The zero-order valence-corrected chi connectivity index (χ0v) is 15.4. The lowest BCUT2D eigenvalue weighted by Crippen LogP contribution is -2.31. The average molecular weight is 374 g/mol. The van der Waals surface area contributed by atoms with Crippen molar-refractivity contribution in [3.8, 4) is 0 Å². The first-order chi connectivity index (χ1) is 12.5. The fraction of sp³-hybridized carbons (Fsp3) is 0.389. The van der Waals surface area contributed by atoms with Crippen LogP contribution < -0.4 is 5.32 Å². The largest absolute Gasteiger partial charge is 0.366 e. The predicted molar refractivity (Wildman–Crippen MR) is 99.6 cm³/mol. The lowest BCUT2D eigenvalue weighted by molar-refractivity contribution is 0.0746. The Morgan fingerprint density at radius 2 is 2.04 bits per heavy atom. The zero-order valence-electron chi connectivity index (χ0n) is 14.6. The van der Waals surface area contributed by atoms with E-state index < -0.39 is 9.84 Å². The van der Waals surface area contributed by atoms with Crippen LogP contribution in [0.25, 0.3) is 0 Å². The Morgan fingerprint density at radius 3 is 2.69 bits per heavy atom. The Bertz CT molecular complexity index is 871. The normalized spacial score (nSPS) is 18.4. The highest BCUT2D eigenvalue weighted by Crippen LogP contribution is 2.17. The molecule has 3 rings (SSSR count). The molecule has 1 aliphatic heterocycles. The van der Waals surface area contributed by atoms with Crippen LogP contribution in [0, 0.1) is 0 Å². The Labute approximate surface area is 153 Å². The predicted octanol–water partition coefficient (Wildman–Crippen LogP) is 1.74. The Hall–Kier alpha value is -2.48. The molecule has 1 amide bonds. The number of hydrogen-bond acceptors (Lipinski definition) is 6. The molecule has 138 valence electrons. The van der Waals surface area contributed by atoms with Crippen LogP contribution in [0.2, 0.25) is 0 Å². The van der Waals surface area contributed by atoms with Crippen molar-refractivity contribution in [2.24, 2.45) is 0 Å². The lowest BCUT2D eigenvalue weighted by Gasteiger charge is -2.21. The summed E-state index contributed by atoms with van der Waals surface area (Å²) in [7, 11) is -2.98. The highest BCUT2D eigenvalue weighted by atomic mass is 32.2. The third-order valence-corrected chi connectivity index (χ3v) is 6.12. The number of hydrogen-bond donors (Lipinski definition) is 1. The average Bonchev–Trinajstić information content (AvgIpc) is 2.98. The number of nitrogens with one attached hydrogen (secondary N) is 1. The molecule has 1 N–H and O–H groups in total. The molecule has 1 aromatic carbocycles. The van der Waals surface area contributed by atoms with Crippen molar-refractivity contribution in [1.29, 1.82) is 0 Å². The van der Waals surface area contributed by atoms with Gasteiger partial charge in [-0.15, -0.1) is 0 Å². The first kappa shape index (κ1) is 18.3. The molecule has 8 heteroatoms. The van der Waals surface area contributed by atoms with Crippen LogP contribution in [0.1, 0.15) is 29.4 Å². The third kappa shape index (κ3) is 4.57. The molecule has 7 nitrogen and oxygen atoms in total. The summed E-state index contributed by atoms with van der Waals surface area (Å²) < 4.78 is 23.1. The van der Waals surface area contributed by atoms with E-state index in [0.29, 0.717) is 31.0 Å². The van der Waals surface area contributed by atoms with E-state index in [9.17, 15) is 13.2 Å². The number of benzene rings is 1. The minimum absolute atomic E-state index is 0.0926. The number of sulfone groups is 1. The first-order valence-electron chi connectivity index (χ1n) is 8.59. The minimum Gasteiger partial charge on any atom is -0.366 e. The number of nitrogens with zero attached hydrogens (tertiary/aromatic N) is 3. The van der Waals surface area contributed by atoms with Gasteiger partial charge in [0.15, 0.2) is 9.84 Å². The van der Waals surface area contributed by atoms with E-state index in [1.165, 1.54) is 6.33 Å². The minimum atomic E-state index is -2.98. The molecule has 1 saturated heterocycles. The van der Waals surface area contributed by atoms with Crippen LogP contribution >= 0.6 is 0 Å². The van der Waals surface area contributed by atoms with Gasteiger partial charge < -0.3 is 10.2 Å². The molecule has 0 spiro atoms. The van der Waals surface area contributed by atoms with Crippen LogP contribution in [0.5, 0.6) is 0 Å². The third-order valence-electron chi connectivity index (χ3n) is 4.36. The molecule has 2 heterocycles. The maximum absolute atomic E-state index is 12.8. The number of carbonyl (C=O) groups is 1. The summed E-state index contributed by atoms with van der Waals surface area (Å²) in [4.78, 5) is 22.7. The topological polar surface area (TPSA) is 92.3 Å². The summed E-state index contributed by atoms with van der Waals surface area (Å²) >= 11 is 0. The maximum atomic E-state index is 12.8. The van der Waals surface area contributed by atoms with Crippen molar-refractivity contribution in [1.82, 2.24) is 14.9 Å². The SMILES string of the molecule is CCN(Cc1ccccc1)C(=O)c1cc(NC2CCS(=O)(=O)C2)ncn1. The van der Waals surface area contributed by atoms with Crippen molar-refractivity contribution in [3.05, 3.63) is 54.0 Å². The van der Waals surface area contributed by atoms with Crippen LogP contribution in [-0.4, -0.2) is 53.3 Å². The Kier molecular flexibility index (Phi) is 5.51. The monoisotopic (exact) mass is 374 g/mol. The van der Waals surface area contributed by atoms with Gasteiger partial charge in [0.05, 0.1) is 11.5 Å². The van der Waals surface area contributed by atoms with E-state index in [1.54, 1.807) is 11.0 Å². The number of aromatic nitrogens is 2. The zero-order chi connectivity index (χ0) is 18.6.